The van der Waals surface area contributed by atoms with Gasteiger partial charge in [-0.25, -0.2) is 4.98 Å². The van der Waals surface area contributed by atoms with Gasteiger partial charge in [0.25, 0.3) is 5.91 Å². The van der Waals surface area contributed by atoms with Crippen molar-refractivity contribution < 1.29 is 4.79 Å². The highest BCUT2D eigenvalue weighted by Crippen LogP contribution is 2.26. The van der Waals surface area contributed by atoms with Crippen molar-refractivity contribution in [3.63, 3.8) is 0 Å². The third-order valence-corrected chi connectivity index (χ3v) is 3.68. The van der Waals surface area contributed by atoms with Crippen molar-refractivity contribution in [1.82, 2.24) is 20.1 Å². The summed E-state index contributed by atoms with van der Waals surface area (Å²) in [4.78, 5) is 18.4. The van der Waals surface area contributed by atoms with E-state index in [1.165, 1.54) is 6.20 Å². The molecule has 0 saturated carbocycles. The largest absolute Gasteiger partial charge is 0.397 e. The Morgan fingerprint density at radius 2 is 2.30 bits per heavy atom. The van der Waals surface area contributed by atoms with E-state index < -0.39 is 0 Å². The number of carbonyl (C=O) groups excluding carboxylic acids is 1. The van der Waals surface area contributed by atoms with Crippen LogP contribution in [0.3, 0.4) is 0 Å². The zero-order valence-corrected chi connectivity index (χ0v) is 11.1. The normalized spacial score (nSPS) is 19.0. The van der Waals surface area contributed by atoms with Crippen molar-refractivity contribution in [2.24, 2.45) is 0 Å². The molecule has 3 N–H and O–H groups in total. The predicted octanol–water partition coefficient (Wildman–Crippen LogP) is 1.41. The van der Waals surface area contributed by atoms with Crippen molar-refractivity contribution in [2.45, 2.75) is 18.8 Å². The fraction of sp³-hybridized carbons (Fsp3) is 0.357. The monoisotopic (exact) mass is 271 g/mol. The fourth-order valence-electron chi connectivity index (χ4n) is 2.60. The molecule has 1 atom stereocenters. The van der Waals surface area contributed by atoms with Crippen molar-refractivity contribution in [2.75, 3.05) is 18.8 Å². The van der Waals surface area contributed by atoms with Crippen LogP contribution in [0.4, 0.5) is 5.69 Å². The molecule has 3 rings (SSSR count). The van der Waals surface area contributed by atoms with Gasteiger partial charge in [0.1, 0.15) is 5.69 Å². The molecule has 6 heteroatoms. The second-order valence-corrected chi connectivity index (χ2v) is 5.08. The molecule has 20 heavy (non-hydrogen) atoms. The molecular weight excluding hydrogens is 254 g/mol. The molecule has 1 saturated heterocycles. The number of nitrogens with zero attached hydrogens (tertiary/aromatic N) is 3. The molecular formula is C14H17N5O. The molecule has 0 aromatic carbocycles. The van der Waals surface area contributed by atoms with Gasteiger partial charge in [0, 0.05) is 30.9 Å². The minimum absolute atomic E-state index is 0.0331. The van der Waals surface area contributed by atoms with E-state index in [1.807, 2.05) is 11.0 Å². The minimum Gasteiger partial charge on any atom is -0.397 e. The predicted molar refractivity (Wildman–Crippen MR) is 75.1 cm³/mol. The van der Waals surface area contributed by atoms with Gasteiger partial charge in [0.05, 0.1) is 11.9 Å². The van der Waals surface area contributed by atoms with Gasteiger partial charge in [0.15, 0.2) is 0 Å². The van der Waals surface area contributed by atoms with Crippen molar-refractivity contribution in [3.8, 4) is 0 Å². The number of carbonyl (C=O) groups is 1. The van der Waals surface area contributed by atoms with E-state index in [9.17, 15) is 4.79 Å². The second kappa shape index (κ2) is 5.32. The molecule has 2 aromatic heterocycles. The van der Waals surface area contributed by atoms with Gasteiger partial charge in [-0.2, -0.15) is 5.10 Å². The van der Waals surface area contributed by atoms with Crippen LogP contribution in [0, 0.1) is 0 Å². The SMILES string of the molecule is Nc1ccc(C(=O)N2CCCC(c3ccn[nH]3)C2)nc1. The lowest BCUT2D eigenvalue weighted by Crippen LogP contribution is -2.39. The van der Waals surface area contributed by atoms with Gasteiger partial charge >= 0.3 is 0 Å². The maximum atomic E-state index is 12.4. The first-order chi connectivity index (χ1) is 9.74. The fourth-order valence-corrected chi connectivity index (χ4v) is 2.60. The molecule has 1 unspecified atom stereocenters. The van der Waals surface area contributed by atoms with E-state index in [2.05, 4.69) is 15.2 Å². The summed E-state index contributed by atoms with van der Waals surface area (Å²) < 4.78 is 0. The first-order valence-corrected chi connectivity index (χ1v) is 6.74. The van der Waals surface area contributed by atoms with Crippen LogP contribution in [-0.2, 0) is 0 Å². The Bertz CT molecular complexity index is 578. The van der Waals surface area contributed by atoms with Crippen LogP contribution in [0.2, 0.25) is 0 Å². The number of pyridine rings is 1. The summed E-state index contributed by atoms with van der Waals surface area (Å²) in [5.74, 6) is 0.290. The number of aromatic nitrogens is 3. The maximum Gasteiger partial charge on any atom is 0.272 e. The Balaban J connectivity index is 1.73. The number of anilines is 1. The van der Waals surface area contributed by atoms with E-state index in [-0.39, 0.29) is 5.91 Å². The van der Waals surface area contributed by atoms with Gasteiger partial charge in [-0.1, -0.05) is 0 Å². The number of hydrogen-bond acceptors (Lipinski definition) is 4. The van der Waals surface area contributed by atoms with Crippen LogP contribution >= 0.6 is 0 Å². The van der Waals surface area contributed by atoms with Crippen LogP contribution in [0.15, 0.2) is 30.6 Å². The van der Waals surface area contributed by atoms with Crippen molar-refractivity contribution in [1.29, 1.82) is 0 Å². The van der Waals surface area contributed by atoms with E-state index in [0.717, 1.165) is 25.1 Å². The summed E-state index contributed by atoms with van der Waals surface area (Å²) in [6, 6.07) is 5.36. The van der Waals surface area contributed by atoms with Crippen LogP contribution < -0.4 is 5.73 Å². The highest BCUT2D eigenvalue weighted by Gasteiger charge is 2.26. The van der Waals surface area contributed by atoms with Crippen LogP contribution in [0.5, 0.6) is 0 Å². The first-order valence-electron chi connectivity index (χ1n) is 6.74. The minimum atomic E-state index is -0.0331. The summed E-state index contributed by atoms with van der Waals surface area (Å²) in [6.07, 6.45) is 5.33. The zero-order chi connectivity index (χ0) is 13.9. The summed E-state index contributed by atoms with van der Waals surface area (Å²) in [5.41, 5.74) is 7.70. The zero-order valence-electron chi connectivity index (χ0n) is 11.1. The molecule has 0 bridgehead atoms. The quantitative estimate of drug-likeness (QED) is 0.864. The van der Waals surface area contributed by atoms with E-state index in [4.69, 9.17) is 5.73 Å². The summed E-state index contributed by atoms with van der Waals surface area (Å²) in [6.45, 7) is 1.47. The van der Waals surface area contributed by atoms with Crippen LogP contribution in [-0.4, -0.2) is 39.1 Å². The smallest absolute Gasteiger partial charge is 0.272 e. The third kappa shape index (κ3) is 2.49. The van der Waals surface area contributed by atoms with E-state index in [0.29, 0.717) is 23.8 Å². The summed E-state index contributed by atoms with van der Waals surface area (Å²) in [7, 11) is 0. The molecule has 1 fully saturated rings. The van der Waals surface area contributed by atoms with Crippen LogP contribution in [0.25, 0.3) is 0 Å². The molecule has 0 spiro atoms. The lowest BCUT2D eigenvalue weighted by molar-refractivity contribution is 0.0700. The number of nitrogens with one attached hydrogen (secondary N) is 1. The molecule has 3 heterocycles. The third-order valence-electron chi connectivity index (χ3n) is 3.68. The van der Waals surface area contributed by atoms with Gasteiger partial charge in [-0.15, -0.1) is 0 Å². The molecule has 0 aliphatic carbocycles. The Morgan fingerprint density at radius 3 is 3.00 bits per heavy atom. The Morgan fingerprint density at radius 1 is 1.40 bits per heavy atom. The first kappa shape index (κ1) is 12.7. The average Bonchev–Trinajstić information content (AvgIpc) is 3.02. The van der Waals surface area contributed by atoms with E-state index in [1.54, 1.807) is 18.3 Å². The summed E-state index contributed by atoms with van der Waals surface area (Å²) >= 11 is 0. The highest BCUT2D eigenvalue weighted by atomic mass is 16.2. The second-order valence-electron chi connectivity index (χ2n) is 5.08. The highest BCUT2D eigenvalue weighted by molar-refractivity contribution is 5.92. The number of aromatic amines is 1. The topological polar surface area (TPSA) is 87.9 Å². The molecule has 2 aromatic rings. The standard InChI is InChI=1S/C14H17N5O/c15-11-3-4-13(16-8-11)14(20)19-7-1-2-10(9-19)12-5-6-17-18-12/h3-6,8,10H,1-2,7,9,15H2,(H,17,18). The molecule has 0 radical (unpaired) electrons. The van der Waals surface area contributed by atoms with Gasteiger partial charge < -0.3 is 10.6 Å². The van der Waals surface area contributed by atoms with Gasteiger partial charge in [-0.05, 0) is 31.0 Å². The molecule has 6 nitrogen and oxygen atoms in total. The van der Waals surface area contributed by atoms with Crippen LogP contribution in [0.1, 0.15) is 34.9 Å². The number of hydrogen-bond donors (Lipinski definition) is 2. The number of likely N-dealkylation sites (tertiary alicyclic amines) is 1. The molecule has 1 aliphatic heterocycles. The molecule has 1 amide bonds. The Hall–Kier alpha value is -2.37. The van der Waals surface area contributed by atoms with E-state index >= 15 is 0 Å². The van der Waals surface area contributed by atoms with Crippen molar-refractivity contribution in [3.05, 3.63) is 42.0 Å². The number of amides is 1. The Kier molecular flexibility index (Phi) is 3.37. The maximum absolute atomic E-state index is 12.4. The van der Waals surface area contributed by atoms with Gasteiger partial charge in [-0.3, -0.25) is 9.89 Å². The molecule has 1 aliphatic rings. The van der Waals surface area contributed by atoms with Crippen molar-refractivity contribution >= 4 is 11.6 Å². The number of piperidine rings is 1. The molecule has 104 valence electrons. The summed E-state index contributed by atoms with van der Waals surface area (Å²) in [5, 5.41) is 6.97. The lowest BCUT2D eigenvalue weighted by atomic mass is 9.95. The number of H-pyrrole nitrogens is 1. The number of rotatable bonds is 2. The lowest BCUT2D eigenvalue weighted by Gasteiger charge is -2.32. The Labute approximate surface area is 117 Å². The average molecular weight is 271 g/mol. The number of nitrogens with two attached hydrogens (primary N) is 1. The van der Waals surface area contributed by atoms with Gasteiger partial charge in [0.2, 0.25) is 0 Å². The number of nitrogen functional groups attached to an aromatic ring is 1.